The lowest BCUT2D eigenvalue weighted by Gasteiger charge is -2.42. The summed E-state index contributed by atoms with van der Waals surface area (Å²) < 4.78 is 10.7. The van der Waals surface area contributed by atoms with Crippen LogP contribution in [0.25, 0.3) is 22.4 Å². The molecule has 6 rings (SSSR count). The van der Waals surface area contributed by atoms with Gasteiger partial charge in [-0.2, -0.15) is 4.90 Å². The van der Waals surface area contributed by atoms with Crippen molar-refractivity contribution in [2.45, 2.75) is 31.7 Å². The second-order valence-corrected chi connectivity index (χ2v) is 11.1. The number of phenols is 1. The van der Waals surface area contributed by atoms with E-state index in [1.165, 1.54) is 0 Å². The first-order valence-electron chi connectivity index (χ1n) is 14.3. The van der Waals surface area contributed by atoms with Crippen molar-refractivity contribution < 1.29 is 39.0 Å². The summed E-state index contributed by atoms with van der Waals surface area (Å²) >= 11 is 0. The van der Waals surface area contributed by atoms with Crippen LogP contribution in [0.2, 0.25) is 6.32 Å². The summed E-state index contributed by atoms with van der Waals surface area (Å²) in [6, 6.07) is 16.7. The number of hydrogen-bond donors (Lipinski definition) is 3. The number of phenolic OH excluding ortho intramolecular Hbond substituents is 1. The number of hydrogen-bond acceptors (Lipinski definition) is 9. The highest BCUT2D eigenvalue weighted by Crippen LogP contribution is 2.50. The molecule has 2 fully saturated rings. The lowest BCUT2D eigenvalue weighted by atomic mass is 9.58. The number of benzene rings is 2. The van der Waals surface area contributed by atoms with Gasteiger partial charge < -0.3 is 24.6 Å². The van der Waals surface area contributed by atoms with E-state index in [4.69, 9.17) is 4.65 Å². The summed E-state index contributed by atoms with van der Waals surface area (Å²) in [7, 11) is -0.0915. The highest BCUT2D eigenvalue weighted by Gasteiger charge is 2.59. The maximum absolute atomic E-state index is 13.4. The van der Waals surface area contributed by atoms with E-state index in [9.17, 15) is 29.6 Å². The molecule has 220 valence electrons. The number of aliphatic hydroxyl groups is 1. The van der Waals surface area contributed by atoms with Crippen molar-refractivity contribution in [3.63, 3.8) is 0 Å². The van der Waals surface area contributed by atoms with Gasteiger partial charge >= 0.3 is 13.2 Å². The van der Waals surface area contributed by atoms with E-state index in [-0.39, 0.29) is 25.1 Å². The molecule has 0 spiro atoms. The molecular weight excluding hydrogens is 551 g/mol. The Bertz CT molecular complexity index is 1660. The minimum absolute atomic E-state index is 0.0625. The van der Waals surface area contributed by atoms with Gasteiger partial charge in [-0.05, 0) is 83.4 Å². The number of carbonyl (C=O) groups excluding carboxylic acids is 3. The maximum Gasteiger partial charge on any atom is 0.455 e. The number of ether oxygens (including phenoxy) is 1. The summed E-state index contributed by atoms with van der Waals surface area (Å²) in [6.07, 6.45) is 3.09. The van der Waals surface area contributed by atoms with Gasteiger partial charge in [0.25, 0.3) is 0 Å². The molecule has 4 atom stereocenters. The number of methoxy groups -OCH3 is 1. The number of fused-ring (bicyclic) bond motifs is 4. The number of imide groups is 3. The van der Waals surface area contributed by atoms with Gasteiger partial charge in [-0.25, -0.2) is 4.79 Å². The lowest BCUT2D eigenvalue weighted by Crippen LogP contribution is -2.46. The van der Waals surface area contributed by atoms with Crippen LogP contribution >= 0.6 is 0 Å². The first-order chi connectivity index (χ1) is 20.8. The molecule has 0 unspecified atom stereocenters. The number of amides is 3. The van der Waals surface area contributed by atoms with Gasteiger partial charge in [0.05, 0.1) is 37.4 Å². The van der Waals surface area contributed by atoms with E-state index in [2.05, 4.69) is 9.72 Å². The topological polar surface area (TPSA) is 146 Å². The largest absolute Gasteiger partial charge is 0.507 e. The molecule has 1 aliphatic carbocycles. The Balaban J connectivity index is 1.35. The van der Waals surface area contributed by atoms with Crippen LogP contribution in [0.4, 0.5) is 4.79 Å². The van der Waals surface area contributed by atoms with Gasteiger partial charge in [0.15, 0.2) is 0 Å². The van der Waals surface area contributed by atoms with Crippen LogP contribution in [0.15, 0.2) is 71.9 Å². The van der Waals surface area contributed by atoms with Crippen LogP contribution < -0.4 is 0 Å². The number of nitrogens with zero attached hydrogens (tertiary/aromatic N) is 2. The number of pyridine rings is 1. The Hall–Kier alpha value is -4.32. The normalized spacial score (nSPS) is 23.9. The van der Waals surface area contributed by atoms with Crippen molar-refractivity contribution in [2.75, 3.05) is 13.7 Å². The number of likely N-dealkylation sites (tertiary alicyclic amines) is 1. The fourth-order valence-electron chi connectivity index (χ4n) is 6.91. The van der Waals surface area contributed by atoms with Crippen molar-refractivity contribution in [2.24, 2.45) is 17.8 Å². The lowest BCUT2D eigenvalue weighted by molar-refractivity contribution is -0.137. The second-order valence-electron chi connectivity index (χ2n) is 11.1. The third-order valence-electron chi connectivity index (χ3n) is 8.79. The molecular formula is C32H31BN2O8. The van der Waals surface area contributed by atoms with Crippen LogP contribution in [0.3, 0.4) is 0 Å². The number of aromatic nitrogens is 1. The molecule has 3 heterocycles. The summed E-state index contributed by atoms with van der Waals surface area (Å²) in [4.78, 5) is 43.8. The average molecular weight is 582 g/mol. The van der Waals surface area contributed by atoms with Crippen LogP contribution in [-0.2, 0) is 19.0 Å². The van der Waals surface area contributed by atoms with E-state index in [1.54, 1.807) is 12.3 Å². The molecule has 2 aromatic carbocycles. The van der Waals surface area contributed by atoms with Gasteiger partial charge in [-0.3, -0.25) is 14.6 Å². The predicted octanol–water partition coefficient (Wildman–Crippen LogP) is 3.82. The summed E-state index contributed by atoms with van der Waals surface area (Å²) in [5, 5.41) is 33.1. The minimum Gasteiger partial charge on any atom is -0.507 e. The molecule has 3 aliphatic rings. The summed E-state index contributed by atoms with van der Waals surface area (Å²) in [6.45, 7) is -0.340. The third kappa shape index (κ3) is 5.13. The van der Waals surface area contributed by atoms with Crippen molar-refractivity contribution in [1.82, 2.24) is 9.88 Å². The van der Waals surface area contributed by atoms with E-state index in [0.717, 1.165) is 34.7 Å². The zero-order valence-corrected chi connectivity index (χ0v) is 23.6. The van der Waals surface area contributed by atoms with Gasteiger partial charge in [0, 0.05) is 11.6 Å². The number of aromatic hydroxyl groups is 1. The monoisotopic (exact) mass is 582 g/mol. The van der Waals surface area contributed by atoms with Crippen LogP contribution in [0.5, 0.6) is 5.75 Å². The molecule has 0 bridgehead atoms. The van der Waals surface area contributed by atoms with E-state index in [1.807, 2.05) is 54.6 Å². The van der Waals surface area contributed by atoms with E-state index in [0.29, 0.717) is 28.9 Å². The highest BCUT2D eigenvalue weighted by atomic mass is 16.5. The first kappa shape index (κ1) is 28.8. The minimum atomic E-state index is -1.20. The predicted molar refractivity (Wildman–Crippen MR) is 158 cm³/mol. The molecule has 2 saturated heterocycles. The van der Waals surface area contributed by atoms with Gasteiger partial charge in [0.2, 0.25) is 11.8 Å². The highest BCUT2D eigenvalue weighted by molar-refractivity contribution is 6.43. The first-order valence-corrected chi connectivity index (χ1v) is 14.3. The Morgan fingerprint density at radius 3 is 2.58 bits per heavy atom. The molecule has 10 nitrogen and oxygen atoms in total. The molecule has 11 heteroatoms. The molecule has 0 saturated carbocycles. The maximum atomic E-state index is 13.4. The van der Waals surface area contributed by atoms with Gasteiger partial charge in [0.1, 0.15) is 5.75 Å². The van der Waals surface area contributed by atoms with Crippen molar-refractivity contribution in [1.29, 1.82) is 0 Å². The molecule has 2 aliphatic heterocycles. The Labute approximate surface area is 248 Å². The quantitative estimate of drug-likeness (QED) is 0.224. The van der Waals surface area contributed by atoms with Crippen molar-refractivity contribution >= 4 is 47.4 Å². The molecule has 43 heavy (non-hydrogen) atoms. The average Bonchev–Trinajstić information content (AvgIpc) is 3.28. The summed E-state index contributed by atoms with van der Waals surface area (Å²) in [5.41, 5.74) is 3.82. The number of rotatable bonds is 6. The number of carbonyl (C=O) groups is 3. The Kier molecular flexibility index (Phi) is 7.87. The molecule has 1 aromatic heterocycles. The molecule has 3 amide bonds. The molecule has 3 N–H and O–H groups in total. The molecule has 3 aromatic rings. The summed E-state index contributed by atoms with van der Waals surface area (Å²) in [5.74, 6) is -3.36. The van der Waals surface area contributed by atoms with Crippen LogP contribution in [0, 0.1) is 17.8 Å². The fourth-order valence-corrected chi connectivity index (χ4v) is 6.91. The number of allylic oxidation sites excluding steroid dienone is 1. The second kappa shape index (κ2) is 11.8. The van der Waals surface area contributed by atoms with Crippen LogP contribution in [-0.4, -0.2) is 70.0 Å². The standard InChI is InChI=1S/C32H31BN2O8/c1-42-32(40)35-30(38)23-15-20(17-36)28-24(29(23)31(35)39)16-33(41)43-27(28)12-10-19(25-8-4-5-13-34-25)14-18-9-11-26(37)22-7-3-2-6-21(18)22/h2-9,11,13-14,23-24,27,29,36-37,41H,10,12,15-17H2,1H3/b19-14-/t23-,24+,27-,29-/m1/s1. The van der Waals surface area contributed by atoms with Crippen LogP contribution in [0.1, 0.15) is 30.5 Å². The Morgan fingerprint density at radius 2 is 1.86 bits per heavy atom. The third-order valence-corrected chi connectivity index (χ3v) is 8.79. The molecule has 0 radical (unpaired) electrons. The fraction of sp³-hybridized carbons (Fsp3) is 0.312. The zero-order valence-electron chi connectivity index (χ0n) is 23.6. The van der Waals surface area contributed by atoms with E-state index >= 15 is 0 Å². The SMILES string of the molecule is COC(=O)N1C(=O)[C@@H]2[C@@H](CC(CO)=C3[C@@H](CC/C(=C/c4ccc(O)c5ccccc45)c4ccccn4)OB(O)C[C@@H]32)C1=O. The smallest absolute Gasteiger partial charge is 0.455 e. The Morgan fingerprint density at radius 1 is 1.09 bits per heavy atom. The zero-order chi connectivity index (χ0) is 30.2. The number of aliphatic hydroxyl groups excluding tert-OH is 1. The van der Waals surface area contributed by atoms with Gasteiger partial charge in [-0.1, -0.05) is 36.4 Å². The van der Waals surface area contributed by atoms with Crippen molar-refractivity contribution in [3.05, 3.63) is 83.2 Å². The van der Waals surface area contributed by atoms with Crippen molar-refractivity contribution in [3.8, 4) is 5.75 Å². The van der Waals surface area contributed by atoms with Gasteiger partial charge in [-0.15, -0.1) is 0 Å². The van der Waals surface area contributed by atoms with E-state index < -0.39 is 48.9 Å².